The summed E-state index contributed by atoms with van der Waals surface area (Å²) >= 11 is 0. The molecule has 2 aromatic rings. The van der Waals surface area contributed by atoms with Crippen molar-refractivity contribution in [2.75, 3.05) is 5.32 Å². The minimum atomic E-state index is -0.284. The molecule has 0 fully saturated rings. The third kappa shape index (κ3) is 2.72. The molecule has 1 amide bonds. The monoisotopic (exact) mass is 234 g/mol. The number of hydrogen-bond donors (Lipinski definition) is 1. The van der Waals surface area contributed by atoms with E-state index in [1.165, 1.54) is 0 Å². The minimum absolute atomic E-state index is 0.284. The second-order valence-electron chi connectivity index (χ2n) is 3.74. The standard InChI is InChI=1S/C11H14N4O2/c1-3-5-15-6-4-9(13-15)11(16)12-10-7-8(2)17-14-10/h4,6-7H,3,5H2,1-2H3,(H,12,14,16). The average Bonchev–Trinajstić information content (AvgIpc) is 2.88. The lowest BCUT2D eigenvalue weighted by atomic mass is 10.4. The molecule has 90 valence electrons. The largest absolute Gasteiger partial charge is 0.360 e. The molecule has 0 saturated carbocycles. The second kappa shape index (κ2) is 4.82. The highest BCUT2D eigenvalue weighted by atomic mass is 16.5. The maximum atomic E-state index is 11.8. The molecule has 0 spiro atoms. The fourth-order valence-electron chi connectivity index (χ4n) is 1.44. The molecule has 0 radical (unpaired) electrons. The molecule has 0 unspecified atom stereocenters. The molecule has 2 aromatic heterocycles. The van der Waals surface area contributed by atoms with E-state index in [4.69, 9.17) is 4.52 Å². The molecule has 6 nitrogen and oxygen atoms in total. The first-order valence-electron chi connectivity index (χ1n) is 5.47. The maximum Gasteiger partial charge on any atom is 0.277 e. The summed E-state index contributed by atoms with van der Waals surface area (Å²) in [7, 11) is 0. The molecule has 2 heterocycles. The molecule has 2 rings (SSSR count). The molecule has 6 heteroatoms. The molecule has 0 saturated heterocycles. The van der Waals surface area contributed by atoms with Crippen LogP contribution < -0.4 is 5.32 Å². The first-order chi connectivity index (χ1) is 8.19. The third-order valence-corrected chi connectivity index (χ3v) is 2.20. The van der Waals surface area contributed by atoms with Crippen molar-refractivity contribution in [3.63, 3.8) is 0 Å². The highest BCUT2D eigenvalue weighted by molar-refractivity contribution is 6.02. The molecule has 0 atom stereocenters. The van der Waals surface area contributed by atoms with Gasteiger partial charge in [0, 0.05) is 18.8 Å². The van der Waals surface area contributed by atoms with E-state index in [2.05, 4.69) is 22.5 Å². The Morgan fingerprint density at radius 1 is 1.59 bits per heavy atom. The highest BCUT2D eigenvalue weighted by Crippen LogP contribution is 2.08. The molecule has 0 aliphatic heterocycles. The van der Waals surface area contributed by atoms with E-state index in [1.54, 1.807) is 29.9 Å². The predicted octanol–water partition coefficient (Wildman–Crippen LogP) is 1.84. The molecular weight excluding hydrogens is 220 g/mol. The number of aryl methyl sites for hydroxylation is 2. The van der Waals surface area contributed by atoms with Crippen molar-refractivity contribution >= 4 is 11.7 Å². The molecular formula is C11H14N4O2. The van der Waals surface area contributed by atoms with Crippen LogP contribution in [0.1, 0.15) is 29.6 Å². The Hall–Kier alpha value is -2.11. The van der Waals surface area contributed by atoms with Gasteiger partial charge in [0.05, 0.1) is 0 Å². The van der Waals surface area contributed by atoms with Gasteiger partial charge in [-0.15, -0.1) is 0 Å². The van der Waals surface area contributed by atoms with Crippen LogP contribution in [-0.4, -0.2) is 20.8 Å². The first-order valence-corrected chi connectivity index (χ1v) is 5.47. The Labute approximate surface area is 98.6 Å². The van der Waals surface area contributed by atoms with Crippen molar-refractivity contribution in [2.24, 2.45) is 0 Å². The van der Waals surface area contributed by atoms with Gasteiger partial charge in [-0.25, -0.2) is 0 Å². The average molecular weight is 234 g/mol. The van der Waals surface area contributed by atoms with Crippen LogP contribution >= 0.6 is 0 Å². The molecule has 0 bridgehead atoms. The summed E-state index contributed by atoms with van der Waals surface area (Å²) in [6.45, 7) is 4.62. The molecule has 17 heavy (non-hydrogen) atoms. The summed E-state index contributed by atoms with van der Waals surface area (Å²) in [5, 5.41) is 10.4. The third-order valence-electron chi connectivity index (χ3n) is 2.20. The number of nitrogens with zero attached hydrogens (tertiary/aromatic N) is 3. The SMILES string of the molecule is CCCn1ccc(C(=O)Nc2cc(C)on2)n1. The number of aromatic nitrogens is 3. The number of carbonyl (C=O) groups is 1. The number of carbonyl (C=O) groups excluding carboxylic acids is 1. The van der Waals surface area contributed by atoms with E-state index in [0.717, 1.165) is 13.0 Å². The van der Waals surface area contributed by atoms with Gasteiger partial charge in [-0.05, 0) is 19.4 Å². The Bertz CT molecular complexity index is 515. The number of anilines is 1. The van der Waals surface area contributed by atoms with Crippen molar-refractivity contribution in [3.05, 3.63) is 29.8 Å². The van der Waals surface area contributed by atoms with Crippen molar-refractivity contribution in [1.82, 2.24) is 14.9 Å². The van der Waals surface area contributed by atoms with E-state index < -0.39 is 0 Å². The molecule has 0 aromatic carbocycles. The fraction of sp³-hybridized carbons (Fsp3) is 0.364. The van der Waals surface area contributed by atoms with E-state index in [0.29, 0.717) is 17.3 Å². The van der Waals surface area contributed by atoms with Gasteiger partial charge in [-0.1, -0.05) is 12.1 Å². The molecule has 0 aliphatic rings. The smallest absolute Gasteiger partial charge is 0.277 e. The topological polar surface area (TPSA) is 73.0 Å². The zero-order valence-electron chi connectivity index (χ0n) is 9.80. The van der Waals surface area contributed by atoms with Crippen LogP contribution in [0.3, 0.4) is 0 Å². The van der Waals surface area contributed by atoms with Crippen LogP contribution in [0, 0.1) is 6.92 Å². The van der Waals surface area contributed by atoms with Crippen molar-refractivity contribution in [2.45, 2.75) is 26.8 Å². The van der Waals surface area contributed by atoms with Crippen LogP contribution in [0.15, 0.2) is 22.9 Å². The van der Waals surface area contributed by atoms with Crippen LogP contribution in [0.25, 0.3) is 0 Å². The van der Waals surface area contributed by atoms with E-state index >= 15 is 0 Å². The van der Waals surface area contributed by atoms with Crippen LogP contribution in [0.2, 0.25) is 0 Å². The number of amides is 1. The van der Waals surface area contributed by atoms with Crippen LogP contribution in [0.5, 0.6) is 0 Å². The lowest BCUT2D eigenvalue weighted by Gasteiger charge is -1.98. The van der Waals surface area contributed by atoms with Gasteiger partial charge in [0.25, 0.3) is 5.91 Å². The summed E-state index contributed by atoms with van der Waals surface area (Å²) < 4.78 is 6.59. The van der Waals surface area contributed by atoms with E-state index in [1.807, 2.05) is 0 Å². The van der Waals surface area contributed by atoms with Crippen molar-refractivity contribution < 1.29 is 9.32 Å². The summed E-state index contributed by atoms with van der Waals surface area (Å²) in [5.74, 6) is 0.766. The zero-order valence-corrected chi connectivity index (χ0v) is 9.80. The lowest BCUT2D eigenvalue weighted by Crippen LogP contribution is -2.13. The maximum absolute atomic E-state index is 11.8. The van der Waals surface area contributed by atoms with Gasteiger partial charge in [0.2, 0.25) is 0 Å². The minimum Gasteiger partial charge on any atom is -0.360 e. The van der Waals surface area contributed by atoms with Gasteiger partial charge in [0.15, 0.2) is 11.5 Å². The van der Waals surface area contributed by atoms with Crippen LogP contribution in [0.4, 0.5) is 5.82 Å². The lowest BCUT2D eigenvalue weighted by molar-refractivity contribution is 0.102. The Balaban J connectivity index is 2.03. The number of rotatable bonds is 4. The first kappa shape index (κ1) is 11.4. The number of nitrogens with one attached hydrogen (secondary N) is 1. The van der Waals surface area contributed by atoms with Gasteiger partial charge < -0.3 is 9.84 Å². The normalized spacial score (nSPS) is 10.5. The van der Waals surface area contributed by atoms with Crippen molar-refractivity contribution in [3.8, 4) is 0 Å². The second-order valence-corrected chi connectivity index (χ2v) is 3.74. The predicted molar refractivity (Wildman–Crippen MR) is 61.7 cm³/mol. The molecule has 1 N–H and O–H groups in total. The summed E-state index contributed by atoms with van der Waals surface area (Å²) in [6, 6.07) is 3.33. The summed E-state index contributed by atoms with van der Waals surface area (Å²) in [6.07, 6.45) is 2.76. The van der Waals surface area contributed by atoms with E-state index in [9.17, 15) is 4.79 Å². The van der Waals surface area contributed by atoms with Gasteiger partial charge >= 0.3 is 0 Å². The highest BCUT2D eigenvalue weighted by Gasteiger charge is 2.11. The van der Waals surface area contributed by atoms with Crippen LogP contribution in [-0.2, 0) is 6.54 Å². The van der Waals surface area contributed by atoms with Gasteiger partial charge in [0.1, 0.15) is 5.76 Å². The quantitative estimate of drug-likeness (QED) is 0.876. The molecule has 0 aliphatic carbocycles. The Kier molecular flexibility index (Phi) is 3.22. The Morgan fingerprint density at radius 3 is 3.06 bits per heavy atom. The summed E-state index contributed by atoms with van der Waals surface area (Å²) in [4.78, 5) is 11.8. The van der Waals surface area contributed by atoms with Gasteiger partial charge in [-0.3, -0.25) is 9.48 Å². The van der Waals surface area contributed by atoms with Gasteiger partial charge in [-0.2, -0.15) is 5.10 Å². The Morgan fingerprint density at radius 2 is 2.41 bits per heavy atom. The zero-order chi connectivity index (χ0) is 12.3. The van der Waals surface area contributed by atoms with E-state index in [-0.39, 0.29) is 5.91 Å². The van der Waals surface area contributed by atoms with Crippen molar-refractivity contribution in [1.29, 1.82) is 0 Å². The summed E-state index contributed by atoms with van der Waals surface area (Å²) in [5.41, 5.74) is 0.374. The fourth-order valence-corrected chi connectivity index (χ4v) is 1.44. The number of hydrogen-bond acceptors (Lipinski definition) is 4.